The number of rotatable bonds is 12. The van der Waals surface area contributed by atoms with E-state index in [0.29, 0.717) is 52.0 Å². The van der Waals surface area contributed by atoms with Gasteiger partial charge in [-0.1, -0.05) is 0 Å². The van der Waals surface area contributed by atoms with Crippen LogP contribution in [0.15, 0.2) is 0 Å². The highest BCUT2D eigenvalue weighted by Crippen LogP contribution is 2.29. The maximum Gasteiger partial charge on any atom is 0.407 e. The maximum atomic E-state index is 11.7. The predicted octanol–water partition coefficient (Wildman–Crippen LogP) is 1.02. The standard InChI is InChI=1S/C26H39N7O6/c1-37-23(34)7-15-38-14-3-11-31-10-2-4-20(31)18-39-25-29-22-16-28-9-6-21(22)24(30-25)32-12-13-33(26(35)36)19(17-32)5-8-27/h19-20,28H,2-7,9-18H2,1H3,(H,35,36)/t19-,20-/m0/s1. The van der Waals surface area contributed by atoms with Crippen LogP contribution in [0.4, 0.5) is 10.6 Å². The fraction of sp³-hybridized carbons (Fsp3) is 0.731. The highest BCUT2D eigenvalue weighted by molar-refractivity contribution is 5.69. The van der Waals surface area contributed by atoms with Crippen LogP contribution < -0.4 is 15.0 Å². The van der Waals surface area contributed by atoms with Gasteiger partial charge in [-0.15, -0.1) is 0 Å². The van der Waals surface area contributed by atoms with Crippen LogP contribution in [-0.4, -0.2) is 115 Å². The van der Waals surface area contributed by atoms with Gasteiger partial charge in [0.05, 0.1) is 44.4 Å². The molecular formula is C26H39N7O6. The van der Waals surface area contributed by atoms with E-state index in [1.165, 1.54) is 12.0 Å². The van der Waals surface area contributed by atoms with E-state index in [1.54, 1.807) is 0 Å². The third-order valence-electron chi connectivity index (χ3n) is 7.57. The van der Waals surface area contributed by atoms with Gasteiger partial charge >= 0.3 is 18.1 Å². The van der Waals surface area contributed by atoms with Gasteiger partial charge in [-0.3, -0.25) is 9.69 Å². The van der Waals surface area contributed by atoms with Crippen molar-refractivity contribution in [3.8, 4) is 12.1 Å². The summed E-state index contributed by atoms with van der Waals surface area (Å²) in [6, 6.07) is 2.32. The Labute approximate surface area is 229 Å². The minimum Gasteiger partial charge on any atom is -0.469 e. The zero-order chi connectivity index (χ0) is 27.6. The molecule has 3 aliphatic rings. The summed E-state index contributed by atoms with van der Waals surface area (Å²) in [6.07, 6.45) is 3.20. The number of hydrogen-bond acceptors (Lipinski definition) is 11. The van der Waals surface area contributed by atoms with Crippen LogP contribution in [0.1, 0.15) is 43.4 Å². The molecule has 0 aliphatic carbocycles. The zero-order valence-corrected chi connectivity index (χ0v) is 22.6. The van der Waals surface area contributed by atoms with Gasteiger partial charge < -0.3 is 34.4 Å². The molecule has 1 amide bonds. The summed E-state index contributed by atoms with van der Waals surface area (Å²) < 4.78 is 16.4. The smallest absolute Gasteiger partial charge is 0.407 e. The number of aromatic nitrogens is 2. The summed E-state index contributed by atoms with van der Waals surface area (Å²) in [5.41, 5.74) is 1.97. The van der Waals surface area contributed by atoms with E-state index in [2.05, 4.69) is 25.9 Å². The average molecular weight is 546 g/mol. The lowest BCUT2D eigenvalue weighted by atomic mass is 10.0. The first kappa shape index (κ1) is 28.8. The van der Waals surface area contributed by atoms with Gasteiger partial charge in [-0.2, -0.15) is 15.2 Å². The van der Waals surface area contributed by atoms with Crippen LogP contribution in [0.5, 0.6) is 6.01 Å². The molecule has 214 valence electrons. The van der Waals surface area contributed by atoms with Crippen molar-refractivity contribution in [3.63, 3.8) is 0 Å². The fourth-order valence-electron chi connectivity index (χ4n) is 5.50. The molecule has 3 aliphatic heterocycles. The van der Waals surface area contributed by atoms with E-state index in [1.807, 2.05) is 0 Å². The number of nitriles is 1. The van der Waals surface area contributed by atoms with Crippen LogP contribution in [0.25, 0.3) is 0 Å². The SMILES string of the molecule is COC(=O)CCOCCCN1CCC[C@H]1COc1nc2c(c(N3CCN(C(=O)O)[C@@H](CC#N)C3)n1)CCNC2. The van der Waals surface area contributed by atoms with E-state index < -0.39 is 12.1 Å². The molecule has 4 heterocycles. The van der Waals surface area contributed by atoms with E-state index in [4.69, 9.17) is 19.4 Å². The number of likely N-dealkylation sites (tertiary alicyclic amines) is 1. The van der Waals surface area contributed by atoms with Crippen LogP contribution in [0, 0.1) is 11.3 Å². The number of hydrogen-bond donors (Lipinski definition) is 2. The Balaban J connectivity index is 1.36. The second-order valence-corrected chi connectivity index (χ2v) is 10.1. The number of methoxy groups -OCH3 is 1. The van der Waals surface area contributed by atoms with Gasteiger partial charge in [0, 0.05) is 50.9 Å². The predicted molar refractivity (Wildman–Crippen MR) is 141 cm³/mol. The Kier molecular flexibility index (Phi) is 10.5. The van der Waals surface area contributed by atoms with Crippen molar-refractivity contribution in [1.29, 1.82) is 5.26 Å². The highest BCUT2D eigenvalue weighted by Gasteiger charge is 2.33. The average Bonchev–Trinajstić information content (AvgIpc) is 3.40. The number of esters is 1. The summed E-state index contributed by atoms with van der Waals surface area (Å²) in [6.45, 7) is 6.02. The van der Waals surface area contributed by atoms with Crippen molar-refractivity contribution in [2.75, 3.05) is 71.1 Å². The number of anilines is 1. The Hall–Kier alpha value is -3.21. The van der Waals surface area contributed by atoms with Gasteiger partial charge in [-0.05, 0) is 38.8 Å². The number of fused-ring (bicyclic) bond motifs is 1. The largest absolute Gasteiger partial charge is 0.469 e. The van der Waals surface area contributed by atoms with E-state index >= 15 is 0 Å². The van der Waals surface area contributed by atoms with Crippen molar-refractivity contribution in [1.82, 2.24) is 25.1 Å². The molecule has 0 aromatic carbocycles. The van der Waals surface area contributed by atoms with Crippen molar-refractivity contribution in [2.24, 2.45) is 0 Å². The Morgan fingerprint density at radius 2 is 2.08 bits per heavy atom. The molecule has 2 saturated heterocycles. The number of amides is 1. The van der Waals surface area contributed by atoms with E-state index in [-0.39, 0.29) is 24.9 Å². The summed E-state index contributed by atoms with van der Waals surface area (Å²) >= 11 is 0. The highest BCUT2D eigenvalue weighted by atomic mass is 16.5. The third-order valence-corrected chi connectivity index (χ3v) is 7.57. The number of nitrogens with one attached hydrogen (secondary N) is 1. The number of piperazine rings is 1. The van der Waals surface area contributed by atoms with Gasteiger partial charge in [-0.25, -0.2) is 4.79 Å². The number of carbonyl (C=O) groups is 2. The number of carboxylic acid groups (broad SMARTS) is 1. The Bertz CT molecular complexity index is 1030. The van der Waals surface area contributed by atoms with Crippen LogP contribution in [0.2, 0.25) is 0 Å². The van der Waals surface area contributed by atoms with Crippen molar-refractivity contribution < 1.29 is 28.9 Å². The van der Waals surface area contributed by atoms with Gasteiger partial charge in [0.1, 0.15) is 12.4 Å². The second-order valence-electron chi connectivity index (χ2n) is 10.1. The quantitative estimate of drug-likeness (QED) is 0.285. The molecule has 2 N–H and O–H groups in total. The van der Waals surface area contributed by atoms with Crippen molar-refractivity contribution >= 4 is 17.9 Å². The first-order valence-corrected chi connectivity index (χ1v) is 13.7. The number of nitrogens with zero attached hydrogens (tertiary/aromatic N) is 6. The van der Waals surface area contributed by atoms with Gasteiger partial charge in [0.2, 0.25) is 0 Å². The monoisotopic (exact) mass is 545 g/mol. The molecule has 0 radical (unpaired) electrons. The minimum absolute atomic E-state index is 0.134. The molecule has 2 fully saturated rings. The molecular weight excluding hydrogens is 506 g/mol. The first-order chi connectivity index (χ1) is 19.0. The summed E-state index contributed by atoms with van der Waals surface area (Å²) in [7, 11) is 1.37. The summed E-state index contributed by atoms with van der Waals surface area (Å²) in [4.78, 5) is 38.2. The number of carbonyl (C=O) groups excluding carboxylic acids is 1. The van der Waals surface area contributed by atoms with Crippen LogP contribution in [0.3, 0.4) is 0 Å². The molecule has 39 heavy (non-hydrogen) atoms. The lowest BCUT2D eigenvalue weighted by molar-refractivity contribution is -0.141. The lowest BCUT2D eigenvalue weighted by Gasteiger charge is -2.40. The van der Waals surface area contributed by atoms with Crippen molar-refractivity contribution in [2.45, 2.75) is 57.2 Å². The Morgan fingerprint density at radius 1 is 1.21 bits per heavy atom. The van der Waals surface area contributed by atoms with Gasteiger partial charge in [0.25, 0.3) is 0 Å². The normalized spacial score (nSPS) is 21.3. The van der Waals surface area contributed by atoms with Gasteiger partial charge in [0.15, 0.2) is 0 Å². The Morgan fingerprint density at radius 3 is 2.87 bits per heavy atom. The van der Waals surface area contributed by atoms with E-state index in [9.17, 15) is 20.0 Å². The lowest BCUT2D eigenvalue weighted by Crippen LogP contribution is -2.55. The maximum absolute atomic E-state index is 11.7. The van der Waals surface area contributed by atoms with Crippen LogP contribution in [-0.2, 0) is 27.2 Å². The third kappa shape index (κ3) is 7.68. The second kappa shape index (κ2) is 14.3. The first-order valence-electron chi connectivity index (χ1n) is 13.7. The molecule has 4 rings (SSSR count). The topological polar surface area (TPSA) is 153 Å². The number of ether oxygens (including phenoxy) is 3. The minimum atomic E-state index is -0.998. The molecule has 0 spiro atoms. The molecule has 0 unspecified atom stereocenters. The fourth-order valence-corrected chi connectivity index (χ4v) is 5.50. The molecule has 1 aromatic rings. The molecule has 2 atom stereocenters. The van der Waals surface area contributed by atoms with Crippen molar-refractivity contribution in [3.05, 3.63) is 11.3 Å². The molecule has 1 aromatic heterocycles. The zero-order valence-electron chi connectivity index (χ0n) is 22.6. The van der Waals surface area contributed by atoms with E-state index in [0.717, 1.165) is 62.4 Å². The molecule has 0 saturated carbocycles. The van der Waals surface area contributed by atoms with Crippen LogP contribution >= 0.6 is 0 Å². The molecule has 13 heteroatoms. The summed E-state index contributed by atoms with van der Waals surface area (Å²) in [5, 5.41) is 22.2. The molecule has 13 nitrogen and oxygen atoms in total. The summed E-state index contributed by atoms with van der Waals surface area (Å²) in [5.74, 6) is 0.524. The molecule has 0 bridgehead atoms.